The number of hydrogen-bond acceptors (Lipinski definition) is 5. The smallest absolute Gasteiger partial charge is 0.257 e. The standard InChI is InChI=1S/C23H19N5O3/c24-22(29)18-11-19(14-25-12-18)31-15-17-5-1-2-6-20(17)27-23(30)16-7-8-21(26-13-16)28-9-3-4-10-28/h1-14H,15H2,(H2,24,29)(H,27,30). The summed E-state index contributed by atoms with van der Waals surface area (Å²) in [6.45, 7) is 0.172. The highest BCUT2D eigenvalue weighted by atomic mass is 16.5. The maximum Gasteiger partial charge on any atom is 0.257 e. The molecule has 0 bridgehead atoms. The molecule has 1 aromatic carbocycles. The quantitative estimate of drug-likeness (QED) is 0.483. The van der Waals surface area contributed by atoms with Gasteiger partial charge in [-0.3, -0.25) is 14.6 Å². The van der Waals surface area contributed by atoms with Crippen LogP contribution in [0.4, 0.5) is 5.69 Å². The minimum absolute atomic E-state index is 0.172. The molecule has 3 aromatic heterocycles. The molecule has 0 aliphatic rings. The molecule has 0 radical (unpaired) electrons. The summed E-state index contributed by atoms with van der Waals surface area (Å²) in [5.41, 5.74) is 7.34. The largest absolute Gasteiger partial charge is 0.487 e. The predicted molar refractivity (Wildman–Crippen MR) is 115 cm³/mol. The van der Waals surface area contributed by atoms with Gasteiger partial charge in [-0.15, -0.1) is 0 Å². The van der Waals surface area contributed by atoms with Gasteiger partial charge in [0.05, 0.1) is 17.3 Å². The zero-order valence-corrected chi connectivity index (χ0v) is 16.4. The highest BCUT2D eigenvalue weighted by molar-refractivity contribution is 6.04. The molecular weight excluding hydrogens is 394 g/mol. The lowest BCUT2D eigenvalue weighted by Crippen LogP contribution is -2.14. The van der Waals surface area contributed by atoms with Gasteiger partial charge in [-0.25, -0.2) is 4.98 Å². The second kappa shape index (κ2) is 8.91. The van der Waals surface area contributed by atoms with Gasteiger partial charge >= 0.3 is 0 Å². The summed E-state index contributed by atoms with van der Waals surface area (Å²) in [6, 6.07) is 16.1. The van der Waals surface area contributed by atoms with E-state index < -0.39 is 5.91 Å². The number of carbonyl (C=O) groups excluding carboxylic acids is 2. The van der Waals surface area contributed by atoms with E-state index in [1.165, 1.54) is 24.7 Å². The van der Waals surface area contributed by atoms with Crippen LogP contribution in [0.25, 0.3) is 5.82 Å². The van der Waals surface area contributed by atoms with Gasteiger partial charge in [-0.1, -0.05) is 18.2 Å². The van der Waals surface area contributed by atoms with Crippen LogP contribution in [0.3, 0.4) is 0 Å². The number of carbonyl (C=O) groups is 2. The molecule has 31 heavy (non-hydrogen) atoms. The molecule has 0 unspecified atom stereocenters. The number of hydrogen-bond donors (Lipinski definition) is 2. The van der Waals surface area contributed by atoms with Crippen LogP contribution in [0.1, 0.15) is 26.3 Å². The molecule has 0 saturated heterocycles. The Hall–Kier alpha value is -4.46. The number of nitrogens with zero attached hydrogens (tertiary/aromatic N) is 3. The molecule has 4 aromatic rings. The lowest BCUT2D eigenvalue weighted by molar-refractivity contribution is 0.0996. The molecule has 2 amide bonds. The van der Waals surface area contributed by atoms with E-state index in [1.54, 1.807) is 18.2 Å². The Kier molecular flexibility index (Phi) is 5.70. The molecule has 0 atom stereocenters. The molecule has 0 saturated carbocycles. The maximum atomic E-state index is 12.7. The molecule has 154 valence electrons. The van der Waals surface area contributed by atoms with Crippen molar-refractivity contribution >= 4 is 17.5 Å². The summed E-state index contributed by atoms with van der Waals surface area (Å²) in [4.78, 5) is 32.3. The molecule has 3 N–H and O–H groups in total. The first-order valence-corrected chi connectivity index (χ1v) is 9.46. The van der Waals surface area contributed by atoms with Crippen molar-refractivity contribution in [3.05, 3.63) is 102 Å². The number of benzene rings is 1. The first-order chi connectivity index (χ1) is 15.1. The maximum absolute atomic E-state index is 12.7. The third-order valence-corrected chi connectivity index (χ3v) is 4.54. The summed E-state index contributed by atoms with van der Waals surface area (Å²) in [5, 5.41) is 2.89. The number of anilines is 1. The fourth-order valence-electron chi connectivity index (χ4n) is 2.92. The van der Waals surface area contributed by atoms with Gasteiger partial charge in [-0.2, -0.15) is 0 Å². The van der Waals surface area contributed by atoms with Crippen LogP contribution in [-0.2, 0) is 6.61 Å². The summed E-state index contributed by atoms with van der Waals surface area (Å²) in [6.07, 6.45) is 8.16. The fourth-order valence-corrected chi connectivity index (χ4v) is 2.92. The van der Waals surface area contributed by atoms with Gasteiger partial charge in [0, 0.05) is 36.0 Å². The van der Waals surface area contributed by atoms with E-state index in [4.69, 9.17) is 10.5 Å². The molecule has 0 spiro atoms. The highest BCUT2D eigenvalue weighted by Crippen LogP contribution is 2.20. The number of pyridine rings is 2. The Bertz CT molecular complexity index is 1200. The van der Waals surface area contributed by atoms with Crippen molar-refractivity contribution in [3.63, 3.8) is 0 Å². The van der Waals surface area contributed by atoms with Crippen LogP contribution in [-0.4, -0.2) is 26.3 Å². The van der Waals surface area contributed by atoms with E-state index in [-0.39, 0.29) is 18.1 Å². The number of amides is 2. The number of nitrogens with one attached hydrogen (secondary N) is 1. The number of primary amides is 1. The van der Waals surface area contributed by atoms with E-state index in [2.05, 4.69) is 15.3 Å². The molecule has 3 heterocycles. The van der Waals surface area contributed by atoms with Gasteiger partial charge in [0.2, 0.25) is 5.91 Å². The molecule has 8 nitrogen and oxygen atoms in total. The Morgan fingerprint density at radius 3 is 2.52 bits per heavy atom. The highest BCUT2D eigenvalue weighted by Gasteiger charge is 2.11. The molecule has 4 rings (SSSR count). The SMILES string of the molecule is NC(=O)c1cncc(OCc2ccccc2NC(=O)c2ccc(-n3cccc3)nc2)c1. The van der Waals surface area contributed by atoms with E-state index in [0.29, 0.717) is 17.0 Å². The number of para-hydroxylation sites is 1. The third-order valence-electron chi connectivity index (χ3n) is 4.54. The van der Waals surface area contributed by atoms with Crippen LogP contribution >= 0.6 is 0 Å². The van der Waals surface area contributed by atoms with Crippen molar-refractivity contribution in [3.8, 4) is 11.6 Å². The van der Waals surface area contributed by atoms with Gasteiger partial charge in [0.25, 0.3) is 5.91 Å². The second-order valence-corrected chi connectivity index (χ2v) is 6.67. The summed E-state index contributed by atoms with van der Waals surface area (Å²) in [5.74, 6) is 0.266. The normalized spacial score (nSPS) is 10.5. The number of nitrogens with two attached hydrogens (primary N) is 1. The van der Waals surface area contributed by atoms with Gasteiger partial charge in [0.1, 0.15) is 18.2 Å². The van der Waals surface area contributed by atoms with Crippen molar-refractivity contribution in [2.45, 2.75) is 6.61 Å². The van der Waals surface area contributed by atoms with Crippen LogP contribution in [0.15, 0.2) is 85.6 Å². The van der Waals surface area contributed by atoms with Crippen molar-refractivity contribution < 1.29 is 14.3 Å². The minimum Gasteiger partial charge on any atom is -0.487 e. The van der Waals surface area contributed by atoms with Crippen LogP contribution in [0.5, 0.6) is 5.75 Å². The number of rotatable bonds is 7. The molecular formula is C23H19N5O3. The monoisotopic (exact) mass is 413 g/mol. The van der Waals surface area contributed by atoms with Crippen LogP contribution in [0.2, 0.25) is 0 Å². The zero-order valence-electron chi connectivity index (χ0n) is 16.4. The van der Waals surface area contributed by atoms with E-state index in [9.17, 15) is 9.59 Å². The molecule has 0 aliphatic heterocycles. The first kappa shape index (κ1) is 19.8. The van der Waals surface area contributed by atoms with Gasteiger partial charge < -0.3 is 20.4 Å². The Morgan fingerprint density at radius 1 is 0.968 bits per heavy atom. The van der Waals surface area contributed by atoms with Crippen molar-refractivity contribution in [2.75, 3.05) is 5.32 Å². The topological polar surface area (TPSA) is 112 Å². The van der Waals surface area contributed by atoms with Gasteiger partial charge in [-0.05, 0) is 36.4 Å². The predicted octanol–water partition coefficient (Wildman–Crippen LogP) is 3.20. The summed E-state index contributed by atoms with van der Waals surface area (Å²) in [7, 11) is 0. The van der Waals surface area contributed by atoms with Crippen LogP contribution < -0.4 is 15.8 Å². The van der Waals surface area contributed by atoms with E-state index in [1.807, 2.05) is 47.3 Å². The van der Waals surface area contributed by atoms with E-state index >= 15 is 0 Å². The summed E-state index contributed by atoms with van der Waals surface area (Å²) < 4.78 is 7.59. The number of aromatic nitrogens is 3. The Labute approximate surface area is 178 Å². The van der Waals surface area contributed by atoms with Crippen LogP contribution in [0, 0.1) is 0 Å². The Balaban J connectivity index is 1.45. The fraction of sp³-hybridized carbons (Fsp3) is 0.0435. The second-order valence-electron chi connectivity index (χ2n) is 6.67. The van der Waals surface area contributed by atoms with Crippen molar-refractivity contribution in [2.24, 2.45) is 5.73 Å². The van der Waals surface area contributed by atoms with Gasteiger partial charge in [0.15, 0.2) is 0 Å². The lowest BCUT2D eigenvalue weighted by atomic mass is 10.1. The third kappa shape index (κ3) is 4.76. The van der Waals surface area contributed by atoms with Crippen molar-refractivity contribution in [1.29, 1.82) is 0 Å². The summed E-state index contributed by atoms with van der Waals surface area (Å²) >= 11 is 0. The Morgan fingerprint density at radius 2 is 1.77 bits per heavy atom. The molecule has 0 aliphatic carbocycles. The lowest BCUT2D eigenvalue weighted by Gasteiger charge is -2.12. The average molecular weight is 413 g/mol. The molecule has 8 heteroatoms. The molecule has 0 fully saturated rings. The average Bonchev–Trinajstić information content (AvgIpc) is 3.34. The van der Waals surface area contributed by atoms with E-state index in [0.717, 1.165) is 11.4 Å². The zero-order chi connectivity index (χ0) is 21.6. The number of ether oxygens (including phenoxy) is 1. The minimum atomic E-state index is -0.581. The van der Waals surface area contributed by atoms with Crippen molar-refractivity contribution in [1.82, 2.24) is 14.5 Å². The first-order valence-electron chi connectivity index (χ1n) is 9.46.